The number of hydrogen-bond acceptors (Lipinski definition) is 1. The molecule has 0 N–H and O–H groups in total. The summed E-state index contributed by atoms with van der Waals surface area (Å²) in [5, 5.41) is 0. The van der Waals surface area contributed by atoms with E-state index >= 15 is 0 Å². The monoisotopic (exact) mass is 226 g/mol. The van der Waals surface area contributed by atoms with Crippen molar-refractivity contribution in [1.82, 2.24) is 0 Å². The predicted octanol–water partition coefficient (Wildman–Crippen LogP) is -1.42. The van der Waals surface area contributed by atoms with E-state index in [0.717, 1.165) is 0 Å². The third-order valence-electron chi connectivity index (χ3n) is 0. The molecule has 16 valence electrons. The summed E-state index contributed by atoms with van der Waals surface area (Å²) < 4.78 is 8.34. The molecular formula is H2MgOSnZn. The van der Waals surface area contributed by atoms with Gasteiger partial charge in [-0.3, -0.25) is 0 Å². The Hall–Kier alpha value is 1.99. The van der Waals surface area contributed by atoms with Crippen molar-refractivity contribution in [2.45, 2.75) is 0 Å². The molecule has 0 aliphatic heterocycles. The second-order valence-corrected chi connectivity index (χ2v) is 0. The molecule has 0 fully saturated rings. The zero-order chi connectivity index (χ0) is 2.00. The molecule has 0 rings (SSSR count). The molecule has 0 aromatic heterocycles. The van der Waals surface area contributed by atoms with Gasteiger partial charge in [0.1, 0.15) is 0 Å². The van der Waals surface area contributed by atoms with Gasteiger partial charge in [-0.2, -0.15) is 0 Å². The van der Waals surface area contributed by atoms with E-state index in [1.54, 1.807) is 0 Å². The van der Waals surface area contributed by atoms with Crippen molar-refractivity contribution in [3.63, 3.8) is 0 Å². The molecule has 0 aliphatic rings. The summed E-state index contributed by atoms with van der Waals surface area (Å²) in [7, 11) is 0. The minimum absolute atomic E-state index is 0. The summed E-state index contributed by atoms with van der Waals surface area (Å²) >= 11 is 0.300. The molecule has 0 aromatic rings. The smallest absolute Gasteiger partial charge is 0 e. The van der Waals surface area contributed by atoms with Crippen molar-refractivity contribution in [2.24, 2.45) is 0 Å². The molecule has 0 unspecified atom stereocenters. The Morgan fingerprint density at radius 1 is 1.25 bits per heavy atom. The zero-order valence-electron chi connectivity index (χ0n) is 1.62. The van der Waals surface area contributed by atoms with Crippen molar-refractivity contribution < 1.29 is 22.6 Å². The van der Waals surface area contributed by atoms with E-state index in [4.69, 9.17) is 3.08 Å². The molecule has 0 amide bonds. The fourth-order valence-corrected chi connectivity index (χ4v) is 0. The first-order valence-corrected chi connectivity index (χ1v) is 1.37. The maximum atomic E-state index is 8.34. The second kappa shape index (κ2) is 20.1. The third-order valence-corrected chi connectivity index (χ3v) is 0. The molecule has 1 nitrogen and oxygen atoms in total. The van der Waals surface area contributed by atoms with Gasteiger partial charge in [0.05, 0.1) is 0 Å². The van der Waals surface area contributed by atoms with Gasteiger partial charge < -0.3 is 0 Å². The van der Waals surface area contributed by atoms with Crippen LogP contribution in [0.5, 0.6) is 0 Å². The van der Waals surface area contributed by atoms with Gasteiger partial charge in [-0.05, 0) is 0 Å². The van der Waals surface area contributed by atoms with E-state index in [1.165, 1.54) is 0 Å². The van der Waals surface area contributed by atoms with Crippen LogP contribution < -0.4 is 0 Å². The molecule has 0 spiro atoms. The average molecular weight is 226 g/mol. The van der Waals surface area contributed by atoms with Crippen LogP contribution in [0.1, 0.15) is 0 Å². The molecule has 4 heavy (non-hydrogen) atoms. The van der Waals surface area contributed by atoms with Crippen LogP contribution in [0.15, 0.2) is 0 Å². The molecular weight excluding hydrogens is 224 g/mol. The van der Waals surface area contributed by atoms with Gasteiger partial charge in [0.2, 0.25) is 0 Å². The quantitative estimate of drug-likeness (QED) is 0.464. The summed E-state index contributed by atoms with van der Waals surface area (Å²) in [4.78, 5) is 0. The first-order valence-electron chi connectivity index (χ1n) is 0.204. The third kappa shape index (κ3) is 9.01. The van der Waals surface area contributed by atoms with Gasteiger partial charge in [-0.25, -0.2) is 0 Å². The van der Waals surface area contributed by atoms with Crippen molar-refractivity contribution in [3.05, 3.63) is 0 Å². The van der Waals surface area contributed by atoms with Crippen LogP contribution in [0.4, 0.5) is 0 Å². The van der Waals surface area contributed by atoms with Crippen LogP contribution in [0.25, 0.3) is 0 Å². The number of hydrogen-bond donors (Lipinski definition) is 0. The fourth-order valence-electron chi connectivity index (χ4n) is 0. The largest absolute Gasteiger partial charge is 0 e. The van der Waals surface area contributed by atoms with Gasteiger partial charge in [-0.15, -0.1) is 0 Å². The molecule has 0 aliphatic carbocycles. The van der Waals surface area contributed by atoms with Crippen LogP contribution in [0, 0.1) is 0 Å². The topological polar surface area (TPSA) is 17.1 Å². The van der Waals surface area contributed by atoms with E-state index in [2.05, 4.69) is 0 Å². The Morgan fingerprint density at radius 3 is 1.25 bits per heavy atom. The summed E-state index contributed by atoms with van der Waals surface area (Å²) in [5.41, 5.74) is 0. The van der Waals surface area contributed by atoms with Crippen LogP contribution in [0.3, 0.4) is 0 Å². The maximum absolute atomic E-state index is 8.34. The maximum Gasteiger partial charge on any atom is 0 e. The van der Waals surface area contributed by atoms with Crippen molar-refractivity contribution in [1.29, 1.82) is 0 Å². The average Bonchev–Trinajstić information content (AvgIpc) is 1.00. The molecule has 0 saturated carbocycles. The summed E-state index contributed by atoms with van der Waals surface area (Å²) in [5.74, 6) is 0. The predicted molar refractivity (Wildman–Crippen MR) is 15.0 cm³/mol. The first-order chi connectivity index (χ1) is 1.00. The zero-order valence-corrected chi connectivity index (χ0v) is 7.44. The molecule has 0 atom stereocenters. The van der Waals surface area contributed by atoms with Crippen LogP contribution in [0.2, 0.25) is 0 Å². The Bertz CT molecular complexity index is 8.00. The van der Waals surface area contributed by atoms with Gasteiger partial charge in [-0.1, -0.05) is 0 Å². The van der Waals surface area contributed by atoms with Crippen LogP contribution >= 0.6 is 0 Å². The molecule has 0 bridgehead atoms. The van der Waals surface area contributed by atoms with E-state index in [1.807, 2.05) is 0 Å². The molecule has 4 heteroatoms. The Kier molecular flexibility index (Phi) is 83.7. The molecule has 0 heterocycles. The van der Waals surface area contributed by atoms with Gasteiger partial charge in [0, 0.05) is 19.5 Å². The van der Waals surface area contributed by atoms with E-state index < -0.39 is 0 Å². The second-order valence-electron chi connectivity index (χ2n) is 0. The summed E-state index contributed by atoms with van der Waals surface area (Å²) in [6, 6.07) is 0. The Balaban J connectivity index is -0.00000000500. The Morgan fingerprint density at radius 2 is 1.25 bits per heavy atom. The normalized spacial score (nSPS) is 1.00. The van der Waals surface area contributed by atoms with E-state index in [0.29, 0.717) is 22.5 Å². The van der Waals surface area contributed by atoms with Crippen molar-refractivity contribution in [3.8, 4) is 0 Å². The van der Waals surface area contributed by atoms with Crippen LogP contribution in [-0.4, -0.2) is 45.6 Å². The Labute approximate surface area is 67.3 Å². The summed E-state index contributed by atoms with van der Waals surface area (Å²) in [6.07, 6.45) is 0. The SMILES string of the molecule is [MgH2].[O]=[Sn].[Zn]. The minimum Gasteiger partial charge on any atom is 0 e. The van der Waals surface area contributed by atoms with E-state index in [-0.39, 0.29) is 42.5 Å². The van der Waals surface area contributed by atoms with Gasteiger partial charge in [0.15, 0.2) is 0 Å². The van der Waals surface area contributed by atoms with Gasteiger partial charge >= 0.3 is 48.6 Å². The first kappa shape index (κ1) is 16.7. The van der Waals surface area contributed by atoms with Crippen molar-refractivity contribution >= 4 is 45.6 Å². The summed E-state index contributed by atoms with van der Waals surface area (Å²) in [6.45, 7) is 0. The molecule has 0 aromatic carbocycles. The molecule has 0 saturated heterocycles. The molecule has 2 radical (unpaired) electrons. The number of rotatable bonds is 0. The minimum atomic E-state index is 0. The van der Waals surface area contributed by atoms with Crippen LogP contribution in [-0.2, 0) is 22.6 Å². The fraction of sp³-hybridized carbons (Fsp3) is 0. The standard InChI is InChI=1S/Mg.O.Sn.Zn.2H. The van der Waals surface area contributed by atoms with Crippen molar-refractivity contribution in [2.75, 3.05) is 0 Å². The van der Waals surface area contributed by atoms with E-state index in [9.17, 15) is 0 Å². The van der Waals surface area contributed by atoms with Gasteiger partial charge in [0.25, 0.3) is 0 Å².